The van der Waals surface area contributed by atoms with E-state index in [1.807, 2.05) is 68.4 Å². The van der Waals surface area contributed by atoms with E-state index in [2.05, 4.69) is 21.2 Å². The number of halogens is 2. The van der Waals surface area contributed by atoms with E-state index in [-0.39, 0.29) is 30.8 Å². The summed E-state index contributed by atoms with van der Waals surface area (Å²) in [6.45, 7) is 4.01. The molecule has 0 aromatic heterocycles. The van der Waals surface area contributed by atoms with Gasteiger partial charge in [0, 0.05) is 23.5 Å². The molecular formula is C27H28BrFN2O2. The van der Waals surface area contributed by atoms with E-state index in [0.29, 0.717) is 12.0 Å². The molecule has 0 saturated carbocycles. The minimum atomic E-state index is -0.738. The smallest absolute Gasteiger partial charge is 0.243 e. The number of rotatable bonds is 9. The van der Waals surface area contributed by atoms with E-state index >= 15 is 0 Å². The first-order chi connectivity index (χ1) is 15.8. The van der Waals surface area contributed by atoms with Crippen LogP contribution in [0, 0.1) is 5.82 Å². The van der Waals surface area contributed by atoms with Crippen LogP contribution in [0.15, 0.2) is 83.3 Å². The zero-order valence-electron chi connectivity index (χ0n) is 18.8. The Morgan fingerprint density at radius 2 is 1.55 bits per heavy atom. The molecule has 1 N–H and O–H groups in total. The van der Waals surface area contributed by atoms with E-state index < -0.39 is 11.9 Å². The predicted molar refractivity (Wildman–Crippen MR) is 132 cm³/mol. The van der Waals surface area contributed by atoms with E-state index in [4.69, 9.17) is 0 Å². The second kappa shape index (κ2) is 11.8. The van der Waals surface area contributed by atoms with Gasteiger partial charge in [-0.1, -0.05) is 76.6 Å². The summed E-state index contributed by atoms with van der Waals surface area (Å²) in [6, 6.07) is 22.7. The monoisotopic (exact) mass is 510 g/mol. The average molecular weight is 511 g/mol. The predicted octanol–water partition coefficient (Wildman–Crippen LogP) is 5.30. The first-order valence-corrected chi connectivity index (χ1v) is 11.7. The molecule has 0 heterocycles. The molecule has 3 rings (SSSR count). The van der Waals surface area contributed by atoms with E-state index in [9.17, 15) is 14.0 Å². The van der Waals surface area contributed by atoms with Gasteiger partial charge in [-0.25, -0.2) is 4.39 Å². The Kier molecular flexibility index (Phi) is 8.78. The molecule has 0 spiro atoms. The van der Waals surface area contributed by atoms with Crippen molar-refractivity contribution in [1.29, 1.82) is 0 Å². The van der Waals surface area contributed by atoms with Gasteiger partial charge in [-0.2, -0.15) is 0 Å². The van der Waals surface area contributed by atoms with Crippen molar-refractivity contribution in [1.82, 2.24) is 10.2 Å². The first-order valence-electron chi connectivity index (χ1n) is 10.9. The number of carbonyl (C=O) groups is 2. The molecule has 33 heavy (non-hydrogen) atoms. The van der Waals surface area contributed by atoms with Crippen LogP contribution in [-0.4, -0.2) is 28.8 Å². The minimum absolute atomic E-state index is 0.0769. The van der Waals surface area contributed by atoms with Gasteiger partial charge in [0.25, 0.3) is 0 Å². The second-order valence-electron chi connectivity index (χ2n) is 8.29. The molecule has 0 radical (unpaired) electrons. The Morgan fingerprint density at radius 1 is 0.909 bits per heavy atom. The molecule has 2 amide bonds. The summed E-state index contributed by atoms with van der Waals surface area (Å²) in [5.74, 6) is -0.962. The van der Waals surface area contributed by atoms with Crippen molar-refractivity contribution < 1.29 is 14.0 Å². The minimum Gasteiger partial charge on any atom is -0.352 e. The van der Waals surface area contributed by atoms with Gasteiger partial charge in [0.15, 0.2) is 0 Å². The Hall–Kier alpha value is -2.99. The molecule has 0 fully saturated rings. The largest absolute Gasteiger partial charge is 0.352 e. The van der Waals surface area contributed by atoms with E-state index in [0.717, 1.165) is 15.6 Å². The lowest BCUT2D eigenvalue weighted by molar-refractivity contribution is -0.141. The van der Waals surface area contributed by atoms with Crippen LogP contribution in [0.1, 0.15) is 30.5 Å². The van der Waals surface area contributed by atoms with Gasteiger partial charge < -0.3 is 10.2 Å². The Morgan fingerprint density at radius 3 is 2.18 bits per heavy atom. The summed E-state index contributed by atoms with van der Waals surface area (Å²) >= 11 is 3.43. The van der Waals surface area contributed by atoms with E-state index in [1.54, 1.807) is 23.1 Å². The SMILES string of the molecule is CC(C)NC(=O)[C@H](Cc1ccccc1)N(Cc1ccc(Br)cc1)C(=O)Cc1ccccc1F. The molecule has 0 bridgehead atoms. The summed E-state index contributed by atoms with van der Waals surface area (Å²) in [4.78, 5) is 28.4. The zero-order valence-corrected chi connectivity index (χ0v) is 20.4. The number of carbonyl (C=O) groups excluding carboxylic acids is 2. The van der Waals surface area contributed by atoms with Crippen molar-refractivity contribution in [3.8, 4) is 0 Å². The maximum atomic E-state index is 14.3. The van der Waals surface area contributed by atoms with Gasteiger partial charge >= 0.3 is 0 Å². The molecule has 172 valence electrons. The van der Waals surface area contributed by atoms with Gasteiger partial charge in [0.05, 0.1) is 6.42 Å². The van der Waals surface area contributed by atoms with Gasteiger partial charge in [-0.3, -0.25) is 9.59 Å². The van der Waals surface area contributed by atoms with Crippen molar-refractivity contribution in [2.45, 2.75) is 45.3 Å². The molecule has 3 aromatic carbocycles. The Labute approximate surface area is 202 Å². The van der Waals surface area contributed by atoms with E-state index in [1.165, 1.54) is 6.07 Å². The maximum absolute atomic E-state index is 14.3. The lowest BCUT2D eigenvalue weighted by Crippen LogP contribution is -2.52. The third kappa shape index (κ3) is 7.26. The molecular weight excluding hydrogens is 483 g/mol. The molecule has 1 atom stereocenters. The maximum Gasteiger partial charge on any atom is 0.243 e. The number of nitrogens with one attached hydrogen (secondary N) is 1. The molecule has 0 saturated heterocycles. The summed E-state index contributed by atoms with van der Waals surface area (Å²) in [6.07, 6.45) is 0.238. The molecule has 0 unspecified atom stereocenters. The van der Waals surface area contributed by atoms with Gasteiger partial charge in [-0.05, 0) is 48.7 Å². The summed E-state index contributed by atoms with van der Waals surface area (Å²) in [7, 11) is 0. The highest BCUT2D eigenvalue weighted by Crippen LogP contribution is 2.19. The van der Waals surface area contributed by atoms with Crippen molar-refractivity contribution in [2.75, 3.05) is 0 Å². The highest BCUT2D eigenvalue weighted by molar-refractivity contribution is 9.10. The van der Waals surface area contributed by atoms with Crippen LogP contribution >= 0.6 is 15.9 Å². The molecule has 0 aliphatic rings. The summed E-state index contributed by atoms with van der Waals surface area (Å²) in [5, 5.41) is 2.95. The highest BCUT2D eigenvalue weighted by atomic mass is 79.9. The molecule has 6 heteroatoms. The number of hydrogen-bond acceptors (Lipinski definition) is 2. The zero-order chi connectivity index (χ0) is 23.8. The molecule has 4 nitrogen and oxygen atoms in total. The van der Waals surface area contributed by atoms with Crippen LogP contribution in [0.2, 0.25) is 0 Å². The molecule has 3 aromatic rings. The standard InChI is InChI=1S/C27H28BrFN2O2/c1-19(2)30-27(33)25(16-20-8-4-3-5-9-20)31(18-21-12-14-23(28)15-13-21)26(32)17-22-10-6-7-11-24(22)29/h3-15,19,25H,16-18H2,1-2H3,(H,30,33)/t25-/m0/s1. The van der Waals surface area contributed by atoms with Crippen molar-refractivity contribution in [3.05, 3.63) is 106 Å². The van der Waals surface area contributed by atoms with Crippen molar-refractivity contribution >= 4 is 27.7 Å². The van der Waals surface area contributed by atoms with Crippen molar-refractivity contribution in [2.24, 2.45) is 0 Å². The average Bonchev–Trinajstić information content (AvgIpc) is 2.79. The van der Waals surface area contributed by atoms with Crippen LogP contribution in [0.25, 0.3) is 0 Å². The summed E-state index contributed by atoms with van der Waals surface area (Å²) < 4.78 is 15.2. The fourth-order valence-corrected chi connectivity index (χ4v) is 3.89. The third-order valence-corrected chi connectivity index (χ3v) is 5.80. The third-order valence-electron chi connectivity index (χ3n) is 5.27. The Balaban J connectivity index is 1.97. The number of benzene rings is 3. The normalized spacial score (nSPS) is 11.8. The fourth-order valence-electron chi connectivity index (χ4n) is 3.63. The molecule has 0 aliphatic carbocycles. The number of amides is 2. The van der Waals surface area contributed by atoms with Crippen LogP contribution < -0.4 is 5.32 Å². The quantitative estimate of drug-likeness (QED) is 0.424. The lowest BCUT2D eigenvalue weighted by Gasteiger charge is -2.32. The van der Waals surface area contributed by atoms with Crippen LogP contribution in [0.4, 0.5) is 4.39 Å². The second-order valence-corrected chi connectivity index (χ2v) is 9.20. The Bertz CT molecular complexity index is 1070. The van der Waals surface area contributed by atoms with Gasteiger partial charge in [0.1, 0.15) is 11.9 Å². The van der Waals surface area contributed by atoms with Gasteiger partial charge in [-0.15, -0.1) is 0 Å². The van der Waals surface area contributed by atoms with Crippen LogP contribution in [-0.2, 0) is 29.0 Å². The number of nitrogens with zero attached hydrogens (tertiary/aromatic N) is 1. The molecule has 0 aliphatic heterocycles. The summed E-state index contributed by atoms with van der Waals surface area (Å²) in [5.41, 5.74) is 2.14. The van der Waals surface area contributed by atoms with Gasteiger partial charge in [0.2, 0.25) is 11.8 Å². The van der Waals surface area contributed by atoms with Crippen LogP contribution in [0.5, 0.6) is 0 Å². The topological polar surface area (TPSA) is 49.4 Å². The number of hydrogen-bond donors (Lipinski definition) is 1. The highest BCUT2D eigenvalue weighted by Gasteiger charge is 2.31. The lowest BCUT2D eigenvalue weighted by atomic mass is 10.0. The fraction of sp³-hybridized carbons (Fsp3) is 0.259. The first kappa shape index (κ1) is 24.6. The van der Waals surface area contributed by atoms with Crippen LogP contribution in [0.3, 0.4) is 0 Å². The van der Waals surface area contributed by atoms with Crippen molar-refractivity contribution in [3.63, 3.8) is 0 Å².